The Hall–Kier alpha value is 0.220. The minimum atomic E-state index is -3.07. The van der Waals surface area contributed by atoms with Crippen molar-refractivity contribution in [2.45, 2.75) is 37.7 Å². The minimum absolute atomic E-state index is 0.219. The Bertz CT molecular complexity index is 309. The minimum Gasteiger partial charge on any atom is -0.316 e. The molecule has 4 nitrogen and oxygen atoms in total. The van der Waals surface area contributed by atoms with Crippen LogP contribution in [-0.2, 0) is 10.0 Å². The molecule has 0 aliphatic carbocycles. The topological polar surface area (TPSA) is 49.4 Å². The van der Waals surface area contributed by atoms with Crippen LogP contribution < -0.4 is 5.32 Å². The monoisotopic (exact) mass is 280 g/mol. The highest BCUT2D eigenvalue weighted by molar-refractivity contribution is 8.00. The van der Waals surface area contributed by atoms with Gasteiger partial charge in [0.1, 0.15) is 0 Å². The van der Waals surface area contributed by atoms with Gasteiger partial charge in [0.15, 0.2) is 0 Å². The summed E-state index contributed by atoms with van der Waals surface area (Å²) in [7, 11) is -3.07. The van der Waals surface area contributed by atoms with E-state index in [1.807, 2.05) is 11.8 Å². The summed E-state index contributed by atoms with van der Waals surface area (Å²) in [5, 5.41) is 3.94. The fourth-order valence-electron chi connectivity index (χ4n) is 1.99. The lowest BCUT2D eigenvalue weighted by molar-refractivity contribution is 0.404. The van der Waals surface area contributed by atoms with Gasteiger partial charge in [-0.05, 0) is 13.0 Å². The lowest BCUT2D eigenvalue weighted by atomic mass is 10.4. The van der Waals surface area contributed by atoms with Gasteiger partial charge in [-0.1, -0.05) is 20.8 Å². The number of sulfonamides is 1. The number of nitrogens with zero attached hydrogens (tertiary/aromatic N) is 1. The second-order valence-corrected chi connectivity index (χ2v) is 8.61. The molecule has 1 aliphatic rings. The van der Waals surface area contributed by atoms with Crippen molar-refractivity contribution >= 4 is 21.8 Å². The zero-order valence-electron chi connectivity index (χ0n) is 11.0. The molecule has 0 radical (unpaired) electrons. The van der Waals surface area contributed by atoms with Crippen molar-refractivity contribution in [2.75, 3.05) is 31.9 Å². The first-order chi connectivity index (χ1) is 7.95. The van der Waals surface area contributed by atoms with Crippen LogP contribution in [0.4, 0.5) is 0 Å². The molecule has 1 saturated heterocycles. The first-order valence-electron chi connectivity index (χ1n) is 6.29. The van der Waals surface area contributed by atoms with Crippen LogP contribution >= 0.6 is 11.8 Å². The Morgan fingerprint density at radius 3 is 2.35 bits per heavy atom. The van der Waals surface area contributed by atoms with E-state index >= 15 is 0 Å². The van der Waals surface area contributed by atoms with E-state index in [2.05, 4.69) is 26.1 Å². The molecule has 0 bridgehead atoms. The Morgan fingerprint density at radius 1 is 1.24 bits per heavy atom. The molecule has 1 aliphatic heterocycles. The molecule has 0 spiro atoms. The van der Waals surface area contributed by atoms with Crippen molar-refractivity contribution < 1.29 is 8.42 Å². The molecular weight excluding hydrogens is 256 g/mol. The van der Waals surface area contributed by atoms with Gasteiger partial charge >= 0.3 is 0 Å². The van der Waals surface area contributed by atoms with Crippen molar-refractivity contribution in [2.24, 2.45) is 0 Å². The van der Waals surface area contributed by atoms with E-state index in [1.165, 1.54) is 0 Å². The highest BCUT2D eigenvalue weighted by atomic mass is 32.2. The molecule has 102 valence electrons. The quantitative estimate of drug-likeness (QED) is 0.741. The largest absolute Gasteiger partial charge is 0.316 e. The second-order valence-electron chi connectivity index (χ2n) is 4.64. The third kappa shape index (κ3) is 5.16. The molecular formula is C11H24N2O2S2. The normalized spacial score (nSPS) is 27.2. The van der Waals surface area contributed by atoms with E-state index in [0.717, 1.165) is 13.0 Å². The van der Waals surface area contributed by atoms with Crippen LogP contribution in [0.2, 0.25) is 0 Å². The summed E-state index contributed by atoms with van der Waals surface area (Å²) in [6.45, 7) is 9.03. The molecule has 0 aromatic rings. The van der Waals surface area contributed by atoms with Crippen molar-refractivity contribution in [1.29, 1.82) is 0 Å². The van der Waals surface area contributed by atoms with Gasteiger partial charge in [-0.25, -0.2) is 8.42 Å². The van der Waals surface area contributed by atoms with Crippen molar-refractivity contribution in [3.05, 3.63) is 0 Å². The molecule has 2 unspecified atom stereocenters. The predicted octanol–water partition coefficient (Wildman–Crippen LogP) is 1.14. The smallest absolute Gasteiger partial charge is 0.215 e. The number of rotatable bonds is 6. The molecule has 6 heteroatoms. The summed E-state index contributed by atoms with van der Waals surface area (Å²) in [4.78, 5) is 0. The predicted molar refractivity (Wildman–Crippen MR) is 75.0 cm³/mol. The van der Waals surface area contributed by atoms with Crippen molar-refractivity contribution in [3.63, 3.8) is 0 Å². The Kier molecular flexibility index (Phi) is 6.26. The Labute approximate surface area is 110 Å². The molecule has 1 N–H and O–H groups in total. The van der Waals surface area contributed by atoms with Crippen LogP contribution in [0, 0.1) is 0 Å². The summed E-state index contributed by atoms with van der Waals surface area (Å²) >= 11 is 1.87. The SMILES string of the molecule is CCCNCCS(=O)(=O)N1CC(C)SC(C)C1. The zero-order chi connectivity index (χ0) is 12.9. The third-order valence-corrected chi connectivity index (χ3v) is 5.78. The number of nitrogens with one attached hydrogen (secondary N) is 1. The van der Waals surface area contributed by atoms with E-state index < -0.39 is 10.0 Å². The summed E-state index contributed by atoms with van der Waals surface area (Å²) in [6.07, 6.45) is 1.04. The number of thioether (sulfide) groups is 1. The maximum atomic E-state index is 12.1. The Morgan fingerprint density at radius 2 is 1.82 bits per heavy atom. The Balaban J connectivity index is 2.45. The van der Waals surface area contributed by atoms with E-state index in [-0.39, 0.29) is 5.75 Å². The highest BCUT2D eigenvalue weighted by Gasteiger charge is 2.30. The molecule has 1 rings (SSSR count). The maximum Gasteiger partial charge on any atom is 0.215 e. The average molecular weight is 280 g/mol. The molecule has 0 amide bonds. The number of hydrogen-bond acceptors (Lipinski definition) is 4. The van der Waals surface area contributed by atoms with Crippen LogP contribution in [0.15, 0.2) is 0 Å². The van der Waals surface area contributed by atoms with Gasteiger partial charge in [0.25, 0.3) is 0 Å². The summed E-state index contributed by atoms with van der Waals surface area (Å²) in [5.41, 5.74) is 0. The van der Waals surface area contributed by atoms with Crippen molar-refractivity contribution in [1.82, 2.24) is 9.62 Å². The average Bonchev–Trinajstić information content (AvgIpc) is 2.23. The lowest BCUT2D eigenvalue weighted by Crippen LogP contribution is -2.46. The summed E-state index contributed by atoms with van der Waals surface area (Å²) in [6, 6.07) is 0. The molecule has 1 fully saturated rings. The number of hydrogen-bond donors (Lipinski definition) is 1. The fourth-order valence-corrected chi connectivity index (χ4v) is 5.07. The van der Waals surface area contributed by atoms with Crippen molar-refractivity contribution in [3.8, 4) is 0 Å². The summed E-state index contributed by atoms with van der Waals surface area (Å²) in [5.74, 6) is 0.219. The molecule has 17 heavy (non-hydrogen) atoms. The van der Waals surface area contributed by atoms with Gasteiger partial charge < -0.3 is 5.32 Å². The van der Waals surface area contributed by atoms with E-state index in [1.54, 1.807) is 4.31 Å². The molecule has 0 saturated carbocycles. The summed E-state index contributed by atoms with van der Waals surface area (Å²) < 4.78 is 25.9. The molecule has 2 atom stereocenters. The van der Waals surface area contributed by atoms with Crippen LogP contribution in [0.1, 0.15) is 27.2 Å². The van der Waals surface area contributed by atoms with Gasteiger partial charge in [-0.2, -0.15) is 16.1 Å². The zero-order valence-corrected chi connectivity index (χ0v) is 12.6. The van der Waals surface area contributed by atoms with Gasteiger partial charge in [0, 0.05) is 30.1 Å². The molecule has 1 heterocycles. The van der Waals surface area contributed by atoms with Gasteiger partial charge in [-0.3, -0.25) is 0 Å². The third-order valence-electron chi connectivity index (χ3n) is 2.74. The maximum absolute atomic E-state index is 12.1. The highest BCUT2D eigenvalue weighted by Crippen LogP contribution is 2.26. The van der Waals surface area contributed by atoms with Crippen LogP contribution in [0.5, 0.6) is 0 Å². The first-order valence-corrected chi connectivity index (χ1v) is 8.85. The van der Waals surface area contributed by atoms with Crippen LogP contribution in [-0.4, -0.2) is 55.2 Å². The first kappa shape index (κ1) is 15.3. The standard InChI is InChI=1S/C11H24N2O2S2/c1-4-5-12-6-7-17(14,15)13-8-10(2)16-11(3)9-13/h10-12H,4-9H2,1-3H3. The van der Waals surface area contributed by atoms with E-state index in [9.17, 15) is 8.42 Å². The van der Waals surface area contributed by atoms with Gasteiger partial charge in [0.2, 0.25) is 10.0 Å². The van der Waals surface area contributed by atoms with Gasteiger partial charge in [-0.15, -0.1) is 0 Å². The molecule has 0 aromatic carbocycles. The lowest BCUT2D eigenvalue weighted by Gasteiger charge is -2.33. The van der Waals surface area contributed by atoms with Crippen LogP contribution in [0.25, 0.3) is 0 Å². The van der Waals surface area contributed by atoms with Gasteiger partial charge in [0.05, 0.1) is 5.75 Å². The van der Waals surface area contributed by atoms with E-state index in [0.29, 0.717) is 30.1 Å². The van der Waals surface area contributed by atoms with E-state index in [4.69, 9.17) is 0 Å². The van der Waals surface area contributed by atoms with Crippen LogP contribution in [0.3, 0.4) is 0 Å². The second kappa shape index (κ2) is 6.97. The molecule has 0 aromatic heterocycles. The fraction of sp³-hybridized carbons (Fsp3) is 1.00.